The Labute approximate surface area is 804 Å². The van der Waals surface area contributed by atoms with Crippen LogP contribution in [0.15, 0.2) is 129 Å². The van der Waals surface area contributed by atoms with E-state index >= 15 is 0 Å². The van der Waals surface area contributed by atoms with Crippen molar-refractivity contribution in [3.63, 3.8) is 0 Å². The minimum Gasteiger partial charge on any atom is -0.416 e. The molecule has 0 amide bonds. The molecule has 15 heterocycles. The molecule has 5 fully saturated rings. The van der Waals surface area contributed by atoms with E-state index < -0.39 is 8.32 Å². The number of anilines is 5. The van der Waals surface area contributed by atoms with E-state index in [-0.39, 0.29) is 11.6 Å². The summed E-state index contributed by atoms with van der Waals surface area (Å²) in [5.41, 5.74) is 51.0. The second-order valence-electron chi connectivity index (χ2n) is 40.3. The number of nitrogen functional groups attached to an aromatic ring is 5. The Morgan fingerprint density at radius 1 is 0.409 bits per heavy atom. The zero-order chi connectivity index (χ0) is 96.5. The first-order valence-corrected chi connectivity index (χ1v) is 52.6. The fourth-order valence-corrected chi connectivity index (χ4v) is 21.9. The van der Waals surface area contributed by atoms with Crippen LogP contribution >= 0.6 is 0 Å². The lowest BCUT2D eigenvalue weighted by molar-refractivity contribution is 0.160. The molecular formula is C100H146N34O2Si. The van der Waals surface area contributed by atoms with Gasteiger partial charge in [-0.1, -0.05) is 87.5 Å². The topological polar surface area (TPSA) is 438 Å². The third kappa shape index (κ3) is 22.9. The number of nitrogens with two attached hydrogens (primary N) is 5. The summed E-state index contributed by atoms with van der Waals surface area (Å²) in [5, 5.41) is 63.0. The van der Waals surface area contributed by atoms with Crippen LogP contribution in [0.1, 0.15) is 242 Å². The summed E-state index contributed by atoms with van der Waals surface area (Å²) in [7, 11) is 7.95. The van der Waals surface area contributed by atoms with Crippen molar-refractivity contribution in [1.29, 1.82) is 0 Å². The molecule has 36 nitrogen and oxygen atoms in total. The van der Waals surface area contributed by atoms with Crippen molar-refractivity contribution in [2.75, 3.05) is 74.6 Å². The van der Waals surface area contributed by atoms with Crippen molar-refractivity contribution in [3.05, 3.63) is 158 Å². The van der Waals surface area contributed by atoms with E-state index in [1.54, 1.807) is 41.3 Å². The van der Waals surface area contributed by atoms with Crippen molar-refractivity contribution in [3.8, 4) is 55.6 Å². The van der Waals surface area contributed by atoms with Gasteiger partial charge in [-0.3, -0.25) is 18.7 Å². The van der Waals surface area contributed by atoms with Crippen LogP contribution in [0.4, 0.5) is 29.1 Å². The molecule has 15 aromatic heterocycles. The monoisotopic (exact) mass is 1880 g/mol. The van der Waals surface area contributed by atoms with Gasteiger partial charge >= 0.3 is 0 Å². The Kier molecular flexibility index (Phi) is 31.2. The molecule has 0 spiro atoms. The predicted molar refractivity (Wildman–Crippen MR) is 546 cm³/mol. The SMILES string of the molecule is CC(C)N[C@@H]1CCC[C@H](c2cc(N)n3ncc(-c4cnn(C)c4)c3n2)C1.CCN(CC)[C@@H]1CCC[C@H](c2cc(N)n3ncc(-c4cnn(C)c4)c3n2)C1.CCN[C@@H]1CCC[C@H](c2cc(N)n3ncc(-c4cnn(C)c4)c3n2)C1.Cn1cc(-c2cnn3c(N)cc([C@H]4CCC[C@@H](NCCO[Si](C)(C)C(C)(C)C)C4)nc23)cn1.Cn1ccc(-c2cnn3c(N)cc([C@H]4CCC[C@@H](NCCO)C4)nc23)c1. The number of nitrogens with zero attached hydrogens (tertiary/aromatic N) is 25. The number of hydrogen-bond donors (Lipinski definition) is 10. The third-order valence-electron chi connectivity index (χ3n) is 29.0. The summed E-state index contributed by atoms with van der Waals surface area (Å²) in [4.78, 5) is 27.5. The predicted octanol–water partition coefficient (Wildman–Crippen LogP) is 14.4. The lowest BCUT2D eigenvalue weighted by Gasteiger charge is -2.36. The minimum absolute atomic E-state index is 0.175. The Morgan fingerprint density at radius 3 is 1.02 bits per heavy atom. The molecule has 5 aliphatic carbocycles. The van der Waals surface area contributed by atoms with Crippen molar-refractivity contribution in [2.45, 2.75) is 268 Å². The lowest BCUT2D eigenvalue weighted by Crippen LogP contribution is -2.43. The molecule has 0 radical (unpaired) electrons. The van der Waals surface area contributed by atoms with Crippen molar-refractivity contribution < 1.29 is 9.53 Å². The van der Waals surface area contributed by atoms with Gasteiger partial charge in [-0.05, 0) is 140 Å². The fourth-order valence-electron chi connectivity index (χ4n) is 20.9. The number of nitrogens with one attached hydrogen (secondary N) is 4. The molecule has 20 rings (SSSR count). The van der Waals surface area contributed by atoms with Crippen LogP contribution < -0.4 is 49.9 Å². The van der Waals surface area contributed by atoms with Gasteiger partial charge < -0.3 is 68.9 Å². The van der Waals surface area contributed by atoms with E-state index in [1.807, 2.05) is 157 Å². The number of aromatic nitrogens is 24. The summed E-state index contributed by atoms with van der Waals surface area (Å²) >= 11 is 0. The average molecular weight is 1880 g/mol. The number of aliphatic hydroxyl groups is 1. The van der Waals surface area contributed by atoms with Crippen molar-refractivity contribution in [1.82, 2.24) is 143 Å². The van der Waals surface area contributed by atoms with Crippen molar-refractivity contribution >= 4 is 65.6 Å². The standard InChI is InChI=1S/C24H39N7OSi.C20H29N7.C19H27N7.C19H26N6O.C18H25N7/c1-24(2,3)33(5,6)32-11-10-26-19-9-7-8-17(12-19)21-13-22(25)31-23(29-21)20(15-28-31)18-14-27-30(4)16-18;1-4-26(5-2)16-8-6-7-14(9-16)18-10-19(21)27-20(24-18)17(12-23-27)15-11-22-25(3)13-15;1-12(2)23-15-6-4-5-13(7-15)17-8-18(20)26-19(24-17)16(10-22-26)14-9-21-25(3)11-14;1-24-7-5-14(12-24)16-11-22-25-18(20)10-17(23-19(16)25)13-3-2-4-15(9-13)21-6-8-26;1-3-20-14-6-4-5-12(7-14)16-8-17(19)25-18(23-16)15(10-22-25)13-9-21-24(2)11-13/h13-17,19,26H,7-12,25H2,1-6H3;10-14,16H,4-9,21H2,1-3H3;8-13,15,23H,4-7,20H2,1-3H3;5,7,10-13,15,21,26H,2-4,6,8-9,20H2,1H3;8-12,14,20H,3-7,19H2,1-2H3/t17-,19+;14-,16+;2*13-,15+;12-,14+/m00000/s1. The molecule has 37 heteroatoms. The van der Waals surface area contributed by atoms with Gasteiger partial charge in [0, 0.05) is 272 Å². The fraction of sp³-hybridized carbons (Fsp3) is 0.540. The van der Waals surface area contributed by atoms with Gasteiger partial charge in [-0.2, -0.15) is 68.5 Å². The van der Waals surface area contributed by atoms with E-state index in [9.17, 15) is 0 Å². The zero-order valence-electron chi connectivity index (χ0n) is 83.0. The maximum atomic E-state index is 9.05. The Morgan fingerprint density at radius 2 is 0.723 bits per heavy atom. The van der Waals surface area contributed by atoms with Crippen LogP contribution in [0.25, 0.3) is 83.9 Å². The van der Waals surface area contributed by atoms with E-state index in [4.69, 9.17) is 63.1 Å². The van der Waals surface area contributed by atoms with Crippen LogP contribution in [-0.4, -0.2) is 217 Å². The Hall–Kier alpha value is -11.8. The number of hydrogen-bond acceptors (Lipinski definition) is 26. The molecule has 0 aliphatic heterocycles. The summed E-state index contributed by atoms with van der Waals surface area (Å²) in [5.74, 6) is 5.28. The number of aryl methyl sites for hydroxylation is 5. The maximum Gasteiger partial charge on any atom is 0.192 e. The summed E-state index contributed by atoms with van der Waals surface area (Å²) in [6.45, 7) is 28.3. The molecule has 0 saturated heterocycles. The molecule has 732 valence electrons. The van der Waals surface area contributed by atoms with Crippen LogP contribution in [0.5, 0.6) is 0 Å². The molecule has 0 bridgehead atoms. The highest BCUT2D eigenvalue weighted by Gasteiger charge is 2.38. The second-order valence-corrected chi connectivity index (χ2v) is 45.1. The summed E-state index contributed by atoms with van der Waals surface area (Å²) in [6.07, 6.45) is 51.9. The van der Waals surface area contributed by atoms with Gasteiger partial charge in [0.2, 0.25) is 0 Å². The van der Waals surface area contributed by atoms with Crippen LogP contribution in [0, 0.1) is 0 Å². The Bertz CT molecular complexity index is 6500. The lowest BCUT2D eigenvalue weighted by atomic mass is 9.82. The van der Waals surface area contributed by atoms with Gasteiger partial charge in [-0.15, -0.1) is 0 Å². The van der Waals surface area contributed by atoms with Gasteiger partial charge in [-0.25, -0.2) is 24.9 Å². The molecule has 0 aromatic carbocycles. The highest BCUT2D eigenvalue weighted by atomic mass is 28.4. The Balaban J connectivity index is 0.000000124. The van der Waals surface area contributed by atoms with E-state index in [1.165, 1.54) is 64.2 Å². The molecular weight excluding hydrogens is 1740 g/mol. The second kappa shape index (κ2) is 43.5. The zero-order valence-corrected chi connectivity index (χ0v) is 84.0. The first-order chi connectivity index (χ1) is 66.0. The first kappa shape index (κ1) is 98.2. The van der Waals surface area contributed by atoms with E-state index in [0.717, 1.165) is 209 Å². The molecule has 0 unspecified atom stereocenters. The molecule has 15 aromatic rings. The molecule has 137 heavy (non-hydrogen) atoms. The molecule has 5 aliphatic rings. The van der Waals surface area contributed by atoms with Gasteiger partial charge in [0.15, 0.2) is 36.6 Å². The van der Waals surface area contributed by atoms with Crippen molar-refractivity contribution in [2.24, 2.45) is 35.2 Å². The third-order valence-corrected chi connectivity index (χ3v) is 33.5. The van der Waals surface area contributed by atoms with Crippen LogP contribution in [0.3, 0.4) is 0 Å². The van der Waals surface area contributed by atoms with Crippen LogP contribution in [-0.2, 0) is 39.7 Å². The smallest absolute Gasteiger partial charge is 0.192 e. The first-order valence-electron chi connectivity index (χ1n) is 49.7. The number of rotatable bonds is 25. The highest BCUT2D eigenvalue weighted by molar-refractivity contribution is 6.74. The van der Waals surface area contributed by atoms with Crippen LogP contribution in [0.2, 0.25) is 18.1 Å². The van der Waals surface area contributed by atoms with Gasteiger partial charge in [0.1, 0.15) is 29.1 Å². The minimum atomic E-state index is -1.69. The highest BCUT2D eigenvalue weighted by Crippen LogP contribution is 2.43. The van der Waals surface area contributed by atoms with E-state index in [2.05, 4.69) is 153 Å². The quantitative estimate of drug-likeness (QED) is 0.0188. The molecule has 10 atom stereocenters. The largest absolute Gasteiger partial charge is 0.416 e. The molecule has 15 N–H and O–H groups in total. The number of fused-ring (bicyclic) bond motifs is 5. The molecule has 5 saturated carbocycles. The van der Waals surface area contributed by atoms with E-state index in [0.29, 0.717) is 101 Å². The number of aliphatic hydroxyl groups excluding tert-OH is 1. The average Bonchev–Trinajstić information content (AvgIpc) is 1.65. The normalized spacial score (nSPS) is 20.6. The van der Waals surface area contributed by atoms with Gasteiger partial charge in [0.25, 0.3) is 0 Å². The summed E-state index contributed by atoms with van der Waals surface area (Å²) < 4.78 is 24.1. The maximum absolute atomic E-state index is 9.05. The summed E-state index contributed by atoms with van der Waals surface area (Å²) in [6, 6.07) is 15.2. The van der Waals surface area contributed by atoms with Gasteiger partial charge in [0.05, 0.1) is 62.4 Å².